The molecule has 1 fully saturated rings. The average molecular weight is 250 g/mol. The number of nitrogens with two attached hydrogens (primary N) is 1. The summed E-state index contributed by atoms with van der Waals surface area (Å²) in [5.74, 6) is 1.24. The van der Waals surface area contributed by atoms with Crippen LogP contribution in [0.15, 0.2) is 18.2 Å². The van der Waals surface area contributed by atoms with Crippen molar-refractivity contribution in [1.82, 2.24) is 4.90 Å². The number of rotatable bonds is 2. The predicted molar refractivity (Wildman–Crippen MR) is 77.4 cm³/mol. The Labute approximate surface area is 109 Å². The summed E-state index contributed by atoms with van der Waals surface area (Å²) >= 11 is 2.08. The number of thioether (sulfide) groups is 1. The van der Waals surface area contributed by atoms with Crippen molar-refractivity contribution in [2.45, 2.75) is 38.6 Å². The maximum Gasteiger partial charge on any atom is 0.0346 e. The van der Waals surface area contributed by atoms with E-state index in [2.05, 4.69) is 49.6 Å². The van der Waals surface area contributed by atoms with Crippen molar-refractivity contribution in [3.63, 3.8) is 0 Å². The molecule has 0 bridgehead atoms. The summed E-state index contributed by atoms with van der Waals surface area (Å²) < 4.78 is 0. The van der Waals surface area contributed by atoms with Gasteiger partial charge in [-0.15, -0.1) is 0 Å². The van der Waals surface area contributed by atoms with Crippen LogP contribution in [0.1, 0.15) is 25.0 Å². The van der Waals surface area contributed by atoms with Crippen LogP contribution in [0.3, 0.4) is 0 Å². The number of hydrogen-bond donors (Lipinski definition) is 1. The molecule has 1 saturated heterocycles. The number of anilines is 1. The third-order valence-corrected chi connectivity index (χ3v) is 5.21. The van der Waals surface area contributed by atoms with E-state index in [0.717, 1.165) is 17.5 Å². The fraction of sp³-hybridized carbons (Fsp3) is 0.571. The highest BCUT2D eigenvalue weighted by molar-refractivity contribution is 8.00. The lowest BCUT2D eigenvalue weighted by atomic mass is 10.1. The van der Waals surface area contributed by atoms with Crippen LogP contribution in [0.5, 0.6) is 0 Å². The summed E-state index contributed by atoms with van der Waals surface area (Å²) in [6, 6.07) is 6.89. The van der Waals surface area contributed by atoms with Gasteiger partial charge in [-0.2, -0.15) is 11.8 Å². The zero-order chi connectivity index (χ0) is 12.4. The first-order valence-electron chi connectivity index (χ1n) is 6.29. The highest BCUT2D eigenvalue weighted by atomic mass is 32.2. The number of nitrogens with zero attached hydrogens (tertiary/aromatic N) is 1. The van der Waals surface area contributed by atoms with Gasteiger partial charge in [-0.25, -0.2) is 0 Å². The number of nitrogen functional groups attached to an aromatic ring is 1. The van der Waals surface area contributed by atoms with Crippen LogP contribution in [-0.4, -0.2) is 28.5 Å². The quantitative estimate of drug-likeness (QED) is 0.818. The van der Waals surface area contributed by atoms with Gasteiger partial charge in [0, 0.05) is 35.8 Å². The largest absolute Gasteiger partial charge is 0.399 e. The molecular weight excluding hydrogens is 228 g/mol. The van der Waals surface area contributed by atoms with Gasteiger partial charge in [0.2, 0.25) is 0 Å². The second-order valence-corrected chi connectivity index (χ2v) is 6.40. The normalized spacial score (nSPS) is 26.1. The molecule has 0 radical (unpaired) electrons. The standard InChI is InChI=1S/C14H22N2S/c1-10-13(5-4-6-14(10)15)9-16-7-8-17-12(3)11(16)2/h4-6,11-12H,7-9,15H2,1-3H3. The smallest absolute Gasteiger partial charge is 0.0346 e. The molecule has 3 heteroatoms. The van der Waals surface area contributed by atoms with E-state index >= 15 is 0 Å². The Morgan fingerprint density at radius 3 is 2.94 bits per heavy atom. The maximum atomic E-state index is 5.97. The van der Waals surface area contributed by atoms with Crippen molar-refractivity contribution < 1.29 is 0 Å². The second kappa shape index (κ2) is 5.32. The molecule has 1 heterocycles. The Bertz CT molecular complexity index is 392. The minimum atomic E-state index is 0.648. The summed E-state index contributed by atoms with van der Waals surface area (Å²) in [6.07, 6.45) is 0. The van der Waals surface area contributed by atoms with Gasteiger partial charge in [0.25, 0.3) is 0 Å². The Balaban J connectivity index is 2.12. The molecular formula is C14H22N2S. The molecule has 1 aliphatic rings. The lowest BCUT2D eigenvalue weighted by Gasteiger charge is -2.37. The Morgan fingerprint density at radius 1 is 1.41 bits per heavy atom. The van der Waals surface area contributed by atoms with Crippen LogP contribution in [-0.2, 0) is 6.54 Å². The molecule has 2 rings (SSSR count). The minimum absolute atomic E-state index is 0.648. The Kier molecular flexibility index (Phi) is 4.00. The van der Waals surface area contributed by atoms with Crippen molar-refractivity contribution in [1.29, 1.82) is 0 Å². The highest BCUT2D eigenvalue weighted by Gasteiger charge is 2.25. The van der Waals surface area contributed by atoms with Gasteiger partial charge in [-0.1, -0.05) is 19.1 Å². The number of hydrogen-bond acceptors (Lipinski definition) is 3. The van der Waals surface area contributed by atoms with E-state index < -0.39 is 0 Å². The molecule has 17 heavy (non-hydrogen) atoms. The first kappa shape index (κ1) is 12.8. The van der Waals surface area contributed by atoms with Crippen LogP contribution in [0, 0.1) is 6.92 Å². The van der Waals surface area contributed by atoms with Gasteiger partial charge in [-0.3, -0.25) is 4.90 Å². The van der Waals surface area contributed by atoms with Crippen molar-refractivity contribution in [3.05, 3.63) is 29.3 Å². The molecule has 1 aromatic rings. The topological polar surface area (TPSA) is 29.3 Å². The summed E-state index contributed by atoms with van der Waals surface area (Å²) in [5, 5.41) is 0.727. The van der Waals surface area contributed by atoms with Crippen LogP contribution in [0.4, 0.5) is 5.69 Å². The van der Waals surface area contributed by atoms with Gasteiger partial charge < -0.3 is 5.73 Å². The molecule has 0 saturated carbocycles. The molecule has 1 aromatic carbocycles. The van der Waals surface area contributed by atoms with Gasteiger partial charge in [0.1, 0.15) is 0 Å². The number of benzene rings is 1. The van der Waals surface area contributed by atoms with Crippen LogP contribution in [0.2, 0.25) is 0 Å². The monoisotopic (exact) mass is 250 g/mol. The molecule has 0 spiro atoms. The molecule has 0 aliphatic carbocycles. The van der Waals surface area contributed by atoms with Crippen molar-refractivity contribution in [3.8, 4) is 0 Å². The zero-order valence-corrected chi connectivity index (χ0v) is 11.8. The van der Waals surface area contributed by atoms with Gasteiger partial charge in [-0.05, 0) is 31.0 Å². The summed E-state index contributed by atoms with van der Waals surface area (Å²) in [6.45, 7) is 9.00. The van der Waals surface area contributed by atoms with Crippen LogP contribution >= 0.6 is 11.8 Å². The molecule has 1 aliphatic heterocycles. The molecule has 94 valence electrons. The molecule has 2 nitrogen and oxygen atoms in total. The minimum Gasteiger partial charge on any atom is -0.399 e. The zero-order valence-electron chi connectivity index (χ0n) is 10.9. The Morgan fingerprint density at radius 2 is 2.18 bits per heavy atom. The predicted octanol–water partition coefficient (Wildman–Crippen LogP) is 2.90. The van der Waals surface area contributed by atoms with E-state index in [0.29, 0.717) is 6.04 Å². The SMILES string of the molecule is Cc1c(N)cccc1CN1CCSC(C)C1C. The van der Waals surface area contributed by atoms with Crippen LogP contribution < -0.4 is 5.73 Å². The van der Waals surface area contributed by atoms with Gasteiger partial charge in [0.15, 0.2) is 0 Å². The molecule has 2 N–H and O–H groups in total. The van der Waals surface area contributed by atoms with Gasteiger partial charge in [0.05, 0.1) is 0 Å². The molecule has 2 atom stereocenters. The fourth-order valence-corrected chi connectivity index (χ4v) is 3.47. The lowest BCUT2D eigenvalue weighted by molar-refractivity contribution is 0.204. The first-order chi connectivity index (χ1) is 8.09. The van der Waals surface area contributed by atoms with E-state index in [1.807, 2.05) is 6.07 Å². The van der Waals surface area contributed by atoms with E-state index in [-0.39, 0.29) is 0 Å². The van der Waals surface area contributed by atoms with Crippen molar-refractivity contribution in [2.75, 3.05) is 18.0 Å². The molecule has 0 amide bonds. The molecule has 2 unspecified atom stereocenters. The average Bonchev–Trinajstić information content (AvgIpc) is 2.31. The van der Waals surface area contributed by atoms with Gasteiger partial charge >= 0.3 is 0 Å². The van der Waals surface area contributed by atoms with E-state index in [9.17, 15) is 0 Å². The summed E-state index contributed by atoms with van der Waals surface area (Å²) in [5.41, 5.74) is 9.49. The van der Waals surface area contributed by atoms with E-state index in [1.165, 1.54) is 23.4 Å². The second-order valence-electron chi connectivity index (χ2n) is 4.92. The maximum absolute atomic E-state index is 5.97. The lowest BCUT2D eigenvalue weighted by Crippen LogP contribution is -2.44. The van der Waals surface area contributed by atoms with E-state index in [1.54, 1.807) is 0 Å². The summed E-state index contributed by atoms with van der Waals surface area (Å²) in [7, 11) is 0. The van der Waals surface area contributed by atoms with Crippen molar-refractivity contribution >= 4 is 17.4 Å². The van der Waals surface area contributed by atoms with E-state index in [4.69, 9.17) is 5.73 Å². The molecule has 0 aromatic heterocycles. The first-order valence-corrected chi connectivity index (χ1v) is 7.34. The van der Waals surface area contributed by atoms with Crippen molar-refractivity contribution in [2.24, 2.45) is 0 Å². The third kappa shape index (κ3) is 2.78. The Hall–Kier alpha value is -0.670. The fourth-order valence-electron chi connectivity index (χ4n) is 2.31. The van der Waals surface area contributed by atoms with Crippen LogP contribution in [0.25, 0.3) is 0 Å². The summed E-state index contributed by atoms with van der Waals surface area (Å²) in [4.78, 5) is 2.57. The highest BCUT2D eigenvalue weighted by Crippen LogP contribution is 2.27. The third-order valence-electron chi connectivity index (χ3n) is 3.88.